The largest absolute Gasteiger partial charge is 0.449 e. The molecular weight excluding hydrogens is 294 g/mol. The fourth-order valence-electron chi connectivity index (χ4n) is 1.77. The van der Waals surface area contributed by atoms with Gasteiger partial charge in [-0.05, 0) is 30.3 Å². The van der Waals surface area contributed by atoms with Gasteiger partial charge in [0, 0.05) is 18.1 Å². The van der Waals surface area contributed by atoms with Crippen LogP contribution < -0.4 is 4.74 Å². The van der Waals surface area contributed by atoms with E-state index >= 15 is 0 Å². The van der Waals surface area contributed by atoms with Gasteiger partial charge in [-0.25, -0.2) is 0 Å². The first-order chi connectivity index (χ1) is 10.0. The molecule has 0 aliphatic rings. The monoisotopic (exact) mass is 305 g/mol. The lowest BCUT2D eigenvalue weighted by atomic mass is 10.1. The number of rotatable bonds is 5. The number of para-hydroxylation sites is 1. The van der Waals surface area contributed by atoms with Crippen LogP contribution >= 0.6 is 11.6 Å². The van der Waals surface area contributed by atoms with Crippen LogP contribution in [0.15, 0.2) is 42.5 Å². The Bertz CT molecular complexity index is 683. The summed E-state index contributed by atoms with van der Waals surface area (Å²) < 4.78 is 5.49. The number of nitro groups is 1. The number of nitrogens with zero attached hydrogens (tertiary/aromatic N) is 1. The van der Waals surface area contributed by atoms with Crippen molar-refractivity contribution in [2.75, 3.05) is 0 Å². The number of carbonyl (C=O) groups is 1. The highest BCUT2D eigenvalue weighted by Crippen LogP contribution is 2.37. The third kappa shape index (κ3) is 3.38. The van der Waals surface area contributed by atoms with Crippen molar-refractivity contribution in [2.24, 2.45) is 0 Å². The second-order valence-electron chi connectivity index (χ2n) is 4.25. The normalized spacial score (nSPS) is 10.2. The third-order valence-corrected chi connectivity index (χ3v) is 3.16. The van der Waals surface area contributed by atoms with E-state index in [1.165, 1.54) is 18.2 Å². The number of benzene rings is 2. The molecular formula is C15H12ClNO4. The number of halogens is 1. The minimum Gasteiger partial charge on any atom is -0.449 e. The van der Waals surface area contributed by atoms with E-state index in [1.807, 2.05) is 0 Å². The van der Waals surface area contributed by atoms with E-state index < -0.39 is 4.92 Å². The van der Waals surface area contributed by atoms with Gasteiger partial charge in [-0.15, -0.1) is 0 Å². The van der Waals surface area contributed by atoms with Crippen LogP contribution in [0.4, 0.5) is 5.69 Å². The number of Topliss-reactive ketones (excluding diaryl/α,β-unsaturated/α-hetero) is 1. The summed E-state index contributed by atoms with van der Waals surface area (Å²) in [6.45, 7) is 1.78. The molecule has 0 unspecified atom stereocenters. The Hall–Kier alpha value is -2.40. The molecule has 6 heteroatoms. The molecule has 5 nitrogen and oxygen atoms in total. The highest BCUT2D eigenvalue weighted by atomic mass is 35.5. The predicted molar refractivity (Wildman–Crippen MR) is 79.2 cm³/mol. The first-order valence-electron chi connectivity index (χ1n) is 6.27. The van der Waals surface area contributed by atoms with E-state index in [-0.39, 0.29) is 22.2 Å². The molecule has 0 bridgehead atoms. The third-order valence-electron chi connectivity index (χ3n) is 2.86. The molecule has 0 saturated heterocycles. The molecule has 0 spiro atoms. The second kappa shape index (κ2) is 6.37. The highest BCUT2D eigenvalue weighted by Gasteiger charge is 2.19. The van der Waals surface area contributed by atoms with Crippen LogP contribution in [0.25, 0.3) is 0 Å². The molecule has 0 aromatic heterocycles. The van der Waals surface area contributed by atoms with Crippen LogP contribution in [-0.2, 0) is 0 Å². The maximum atomic E-state index is 11.5. The van der Waals surface area contributed by atoms with Crippen molar-refractivity contribution in [2.45, 2.75) is 13.3 Å². The molecule has 0 amide bonds. The van der Waals surface area contributed by atoms with Crippen molar-refractivity contribution < 1.29 is 14.5 Å². The summed E-state index contributed by atoms with van der Waals surface area (Å²) >= 11 is 5.94. The molecule has 0 atom stereocenters. The van der Waals surface area contributed by atoms with Crippen molar-refractivity contribution in [3.05, 3.63) is 63.2 Å². The molecule has 0 saturated carbocycles. The zero-order valence-electron chi connectivity index (χ0n) is 11.2. The Labute approximate surface area is 126 Å². The van der Waals surface area contributed by atoms with Gasteiger partial charge in [0.25, 0.3) is 0 Å². The summed E-state index contributed by atoms with van der Waals surface area (Å²) in [5.41, 5.74) is 0.356. The van der Waals surface area contributed by atoms with Crippen LogP contribution in [0, 0.1) is 10.1 Å². The van der Waals surface area contributed by atoms with Gasteiger partial charge in [-0.3, -0.25) is 14.9 Å². The van der Waals surface area contributed by atoms with Crippen LogP contribution in [0.5, 0.6) is 11.5 Å². The van der Waals surface area contributed by atoms with Gasteiger partial charge in [-0.1, -0.05) is 24.6 Å². The average molecular weight is 306 g/mol. The van der Waals surface area contributed by atoms with Crippen LogP contribution in [0.3, 0.4) is 0 Å². The molecule has 0 N–H and O–H groups in total. The van der Waals surface area contributed by atoms with Gasteiger partial charge in [0.15, 0.2) is 5.78 Å². The van der Waals surface area contributed by atoms with Crippen molar-refractivity contribution >= 4 is 23.1 Å². The Morgan fingerprint density at radius 3 is 2.48 bits per heavy atom. The lowest BCUT2D eigenvalue weighted by molar-refractivity contribution is -0.385. The molecule has 2 aromatic carbocycles. The molecule has 0 fully saturated rings. The summed E-state index contributed by atoms with van der Waals surface area (Å²) in [7, 11) is 0. The number of nitro benzene ring substituents is 1. The quantitative estimate of drug-likeness (QED) is 0.458. The van der Waals surface area contributed by atoms with Gasteiger partial charge in [-0.2, -0.15) is 0 Å². The topological polar surface area (TPSA) is 69.4 Å². The SMILES string of the molecule is CCC(=O)c1ccc(Oc2c(Cl)cccc2[N+](=O)[O-])cc1. The lowest BCUT2D eigenvalue weighted by Crippen LogP contribution is -1.97. The summed E-state index contributed by atoms with van der Waals surface area (Å²) in [6, 6.07) is 10.7. The summed E-state index contributed by atoms with van der Waals surface area (Å²) in [4.78, 5) is 21.9. The Kier molecular flexibility index (Phi) is 4.55. The van der Waals surface area contributed by atoms with Crippen molar-refractivity contribution in [3.8, 4) is 11.5 Å². The predicted octanol–water partition coefficient (Wildman–Crippen LogP) is 4.63. The van der Waals surface area contributed by atoms with Crippen molar-refractivity contribution in [3.63, 3.8) is 0 Å². The Morgan fingerprint density at radius 1 is 1.24 bits per heavy atom. The van der Waals surface area contributed by atoms with E-state index in [4.69, 9.17) is 16.3 Å². The van der Waals surface area contributed by atoms with E-state index in [0.717, 1.165) is 0 Å². The zero-order valence-corrected chi connectivity index (χ0v) is 12.0. The average Bonchev–Trinajstić information content (AvgIpc) is 2.49. The highest BCUT2D eigenvalue weighted by molar-refractivity contribution is 6.32. The number of ether oxygens (including phenoxy) is 1. The van der Waals surface area contributed by atoms with Gasteiger partial charge in [0.2, 0.25) is 5.75 Å². The number of hydrogen-bond acceptors (Lipinski definition) is 4. The first-order valence-corrected chi connectivity index (χ1v) is 6.64. The minimum absolute atomic E-state index is 0.0151. The smallest absolute Gasteiger partial charge is 0.313 e. The molecule has 2 aromatic rings. The molecule has 0 aliphatic heterocycles. The van der Waals surface area contributed by atoms with Gasteiger partial charge in [0.1, 0.15) is 5.75 Å². The van der Waals surface area contributed by atoms with E-state index in [9.17, 15) is 14.9 Å². The molecule has 0 heterocycles. The summed E-state index contributed by atoms with van der Waals surface area (Å²) in [5, 5.41) is 11.1. The van der Waals surface area contributed by atoms with Crippen LogP contribution in [0.1, 0.15) is 23.7 Å². The van der Waals surface area contributed by atoms with E-state index in [1.54, 1.807) is 31.2 Å². The standard InChI is InChI=1S/C15H12ClNO4/c1-2-14(18)10-6-8-11(9-7-10)21-15-12(16)4-3-5-13(15)17(19)20/h3-9H,2H2,1H3. The molecule has 0 aliphatic carbocycles. The van der Waals surface area contributed by atoms with Crippen molar-refractivity contribution in [1.82, 2.24) is 0 Å². The maximum Gasteiger partial charge on any atom is 0.313 e. The second-order valence-corrected chi connectivity index (χ2v) is 4.66. The van der Waals surface area contributed by atoms with E-state index in [0.29, 0.717) is 17.7 Å². The van der Waals surface area contributed by atoms with Crippen LogP contribution in [-0.4, -0.2) is 10.7 Å². The lowest BCUT2D eigenvalue weighted by Gasteiger charge is -2.08. The molecule has 108 valence electrons. The van der Waals surface area contributed by atoms with Crippen molar-refractivity contribution in [1.29, 1.82) is 0 Å². The molecule has 2 rings (SSSR count). The maximum absolute atomic E-state index is 11.5. The number of hydrogen-bond donors (Lipinski definition) is 0. The van der Waals surface area contributed by atoms with Gasteiger partial charge >= 0.3 is 5.69 Å². The number of ketones is 1. The first kappa shape index (κ1) is 15.0. The summed E-state index contributed by atoms with van der Waals surface area (Å²) in [6.07, 6.45) is 0.413. The van der Waals surface area contributed by atoms with Gasteiger partial charge in [0.05, 0.1) is 9.95 Å². The Balaban J connectivity index is 2.30. The molecule has 21 heavy (non-hydrogen) atoms. The fourth-order valence-corrected chi connectivity index (χ4v) is 1.98. The van der Waals surface area contributed by atoms with E-state index in [2.05, 4.69) is 0 Å². The minimum atomic E-state index is -0.559. The fraction of sp³-hybridized carbons (Fsp3) is 0.133. The Morgan fingerprint density at radius 2 is 1.90 bits per heavy atom. The summed E-state index contributed by atoms with van der Waals surface area (Å²) in [5.74, 6) is 0.378. The zero-order chi connectivity index (χ0) is 15.4. The molecule has 0 radical (unpaired) electrons. The number of carbonyl (C=O) groups excluding carboxylic acids is 1. The van der Waals surface area contributed by atoms with Crippen LogP contribution in [0.2, 0.25) is 5.02 Å². The van der Waals surface area contributed by atoms with Gasteiger partial charge < -0.3 is 4.74 Å².